The molecule has 5 heteroatoms. The topological polar surface area (TPSA) is 37.4 Å². The van der Waals surface area contributed by atoms with Crippen LogP contribution in [0, 0.1) is 0 Å². The van der Waals surface area contributed by atoms with E-state index < -0.39 is 14.6 Å². The van der Waals surface area contributed by atoms with Crippen molar-refractivity contribution >= 4 is 21.4 Å². The average molecular weight is 296 g/mol. The van der Waals surface area contributed by atoms with Crippen LogP contribution in [-0.4, -0.2) is 48.8 Å². The molecule has 1 aliphatic rings. The molecule has 108 valence electrons. The summed E-state index contributed by atoms with van der Waals surface area (Å²) in [6.07, 6.45) is 4.89. The Labute approximate surface area is 117 Å². The maximum Gasteiger partial charge on any atom is 0.156 e. The summed E-state index contributed by atoms with van der Waals surface area (Å²) < 4.78 is 23.6. The normalized spacial score (nSPS) is 18.7. The van der Waals surface area contributed by atoms with Crippen molar-refractivity contribution in [3.63, 3.8) is 0 Å². The zero-order chi connectivity index (χ0) is 13.8. The van der Waals surface area contributed by atoms with Crippen molar-refractivity contribution in [3.8, 4) is 0 Å². The average Bonchev–Trinajstić information content (AvgIpc) is 2.75. The molecule has 0 bridgehead atoms. The fourth-order valence-corrected chi connectivity index (χ4v) is 3.70. The van der Waals surface area contributed by atoms with E-state index in [2.05, 4.69) is 4.90 Å². The second kappa shape index (κ2) is 6.58. The predicted octanol–water partition coefficient (Wildman–Crippen LogP) is 2.68. The number of hydrogen-bond acceptors (Lipinski definition) is 3. The third-order valence-electron chi connectivity index (χ3n) is 3.79. The van der Waals surface area contributed by atoms with Gasteiger partial charge in [0.05, 0.1) is 10.5 Å². The first-order valence-electron chi connectivity index (χ1n) is 6.80. The van der Waals surface area contributed by atoms with Gasteiger partial charge in [0, 0.05) is 25.0 Å². The van der Waals surface area contributed by atoms with Gasteiger partial charge in [-0.3, -0.25) is 4.90 Å². The monoisotopic (exact) mass is 295 g/mol. The van der Waals surface area contributed by atoms with E-state index in [0.717, 1.165) is 6.54 Å². The van der Waals surface area contributed by atoms with Gasteiger partial charge >= 0.3 is 0 Å². The van der Waals surface area contributed by atoms with Crippen molar-refractivity contribution < 1.29 is 8.42 Å². The lowest BCUT2D eigenvalue weighted by Crippen LogP contribution is -2.41. The molecule has 1 saturated carbocycles. The summed E-state index contributed by atoms with van der Waals surface area (Å²) >= 11 is 5.82. The molecule has 3 nitrogen and oxygen atoms in total. The largest absolute Gasteiger partial charge is 0.298 e. The summed E-state index contributed by atoms with van der Waals surface area (Å²) in [4.78, 5) is 2.27. The number of halogens is 1. The first kappa shape index (κ1) is 16.3. The summed E-state index contributed by atoms with van der Waals surface area (Å²) in [5.74, 6) is 0.815. The molecule has 0 aliphatic heterocycles. The fraction of sp³-hybridized carbons (Fsp3) is 1.00. The standard InChI is InChI=1S/C13H26ClNO2S/c1-13(2,3)18(16,17)11-10-15(9-8-14)12-6-4-5-7-12/h12H,4-11H2,1-3H3. The van der Waals surface area contributed by atoms with E-state index in [1.165, 1.54) is 25.7 Å². The minimum Gasteiger partial charge on any atom is -0.298 e. The summed E-state index contributed by atoms with van der Waals surface area (Å²) in [7, 11) is -3.03. The van der Waals surface area contributed by atoms with E-state index in [9.17, 15) is 8.42 Å². The van der Waals surface area contributed by atoms with Crippen LogP contribution in [0.25, 0.3) is 0 Å². The Balaban J connectivity index is 2.57. The Hall–Kier alpha value is 0.200. The van der Waals surface area contributed by atoms with E-state index in [0.29, 0.717) is 18.5 Å². The highest BCUT2D eigenvalue weighted by atomic mass is 35.5. The molecule has 0 aromatic carbocycles. The van der Waals surface area contributed by atoms with E-state index in [1.54, 1.807) is 20.8 Å². The van der Waals surface area contributed by atoms with Crippen molar-refractivity contribution in [2.45, 2.75) is 57.2 Å². The van der Waals surface area contributed by atoms with Gasteiger partial charge in [-0.1, -0.05) is 12.8 Å². The van der Waals surface area contributed by atoms with Gasteiger partial charge in [0.2, 0.25) is 0 Å². The van der Waals surface area contributed by atoms with E-state index in [-0.39, 0.29) is 5.75 Å². The van der Waals surface area contributed by atoms with E-state index in [4.69, 9.17) is 11.6 Å². The van der Waals surface area contributed by atoms with Crippen LogP contribution in [0.3, 0.4) is 0 Å². The van der Waals surface area contributed by atoms with Gasteiger partial charge in [-0.15, -0.1) is 11.6 Å². The molecule has 0 unspecified atom stereocenters. The molecule has 0 N–H and O–H groups in total. The van der Waals surface area contributed by atoms with Gasteiger partial charge in [0.1, 0.15) is 0 Å². The third-order valence-corrected chi connectivity index (χ3v) is 6.55. The first-order valence-corrected chi connectivity index (χ1v) is 8.99. The van der Waals surface area contributed by atoms with Crippen molar-refractivity contribution in [1.29, 1.82) is 0 Å². The Bertz CT molecular complexity index is 342. The molecular formula is C13H26ClNO2S. The van der Waals surface area contributed by atoms with Crippen LogP contribution in [0.4, 0.5) is 0 Å². The number of nitrogens with zero attached hydrogens (tertiary/aromatic N) is 1. The SMILES string of the molecule is CC(C)(C)S(=O)(=O)CCN(CCCl)C1CCCC1. The summed E-state index contributed by atoms with van der Waals surface area (Å²) in [5.41, 5.74) is 0. The quantitative estimate of drug-likeness (QED) is 0.707. The molecule has 0 heterocycles. The molecule has 18 heavy (non-hydrogen) atoms. The Kier molecular flexibility index (Phi) is 5.94. The maximum absolute atomic E-state index is 12.1. The summed E-state index contributed by atoms with van der Waals surface area (Å²) in [5, 5.41) is 0. The van der Waals surface area contributed by atoms with Gasteiger partial charge in [0.25, 0.3) is 0 Å². The zero-order valence-corrected chi connectivity index (χ0v) is 13.4. The minimum atomic E-state index is -3.03. The molecule has 0 spiro atoms. The molecule has 0 radical (unpaired) electrons. The Morgan fingerprint density at radius 3 is 2.17 bits per heavy atom. The number of sulfone groups is 1. The van der Waals surface area contributed by atoms with Crippen LogP contribution in [-0.2, 0) is 9.84 Å². The van der Waals surface area contributed by atoms with Crippen LogP contribution in [0.15, 0.2) is 0 Å². The molecule has 0 amide bonds. The summed E-state index contributed by atoms with van der Waals surface area (Å²) in [6.45, 7) is 6.72. The smallest absolute Gasteiger partial charge is 0.156 e. The molecule has 1 fully saturated rings. The third kappa shape index (κ3) is 4.39. The molecule has 0 aromatic heterocycles. The van der Waals surface area contributed by atoms with Crippen LogP contribution in [0.2, 0.25) is 0 Å². The van der Waals surface area contributed by atoms with Crippen molar-refractivity contribution in [1.82, 2.24) is 4.90 Å². The highest BCUT2D eigenvalue weighted by Crippen LogP contribution is 2.24. The van der Waals surface area contributed by atoms with E-state index in [1.807, 2.05) is 0 Å². The number of alkyl halides is 1. The van der Waals surface area contributed by atoms with Crippen molar-refractivity contribution in [3.05, 3.63) is 0 Å². The van der Waals surface area contributed by atoms with Gasteiger partial charge in [-0.25, -0.2) is 8.42 Å². The molecule has 0 aromatic rings. The number of hydrogen-bond donors (Lipinski definition) is 0. The lowest BCUT2D eigenvalue weighted by molar-refractivity contribution is 0.222. The lowest BCUT2D eigenvalue weighted by atomic mass is 10.2. The van der Waals surface area contributed by atoms with Gasteiger partial charge in [-0.05, 0) is 33.6 Å². The highest BCUT2D eigenvalue weighted by molar-refractivity contribution is 7.92. The fourth-order valence-electron chi connectivity index (χ4n) is 2.40. The number of rotatable bonds is 6. The first-order chi connectivity index (χ1) is 8.28. The molecule has 0 saturated heterocycles. The molecular weight excluding hydrogens is 270 g/mol. The Morgan fingerprint density at radius 2 is 1.72 bits per heavy atom. The Morgan fingerprint density at radius 1 is 1.17 bits per heavy atom. The minimum absolute atomic E-state index is 0.240. The van der Waals surface area contributed by atoms with Crippen molar-refractivity contribution in [2.24, 2.45) is 0 Å². The van der Waals surface area contributed by atoms with Crippen LogP contribution < -0.4 is 0 Å². The highest BCUT2D eigenvalue weighted by Gasteiger charge is 2.30. The zero-order valence-electron chi connectivity index (χ0n) is 11.8. The predicted molar refractivity (Wildman–Crippen MR) is 78.1 cm³/mol. The van der Waals surface area contributed by atoms with Crippen LogP contribution >= 0.6 is 11.6 Å². The van der Waals surface area contributed by atoms with Gasteiger partial charge in [0.15, 0.2) is 9.84 Å². The second-order valence-electron chi connectivity index (χ2n) is 6.09. The van der Waals surface area contributed by atoms with Crippen LogP contribution in [0.5, 0.6) is 0 Å². The lowest BCUT2D eigenvalue weighted by Gasteiger charge is -2.29. The molecule has 0 atom stereocenters. The second-order valence-corrected chi connectivity index (χ2v) is 9.33. The molecule has 1 aliphatic carbocycles. The maximum atomic E-state index is 12.1. The van der Waals surface area contributed by atoms with Gasteiger partial charge < -0.3 is 0 Å². The molecule has 1 rings (SSSR count). The van der Waals surface area contributed by atoms with E-state index >= 15 is 0 Å². The summed E-state index contributed by atoms with van der Waals surface area (Å²) in [6, 6.07) is 0.541. The van der Waals surface area contributed by atoms with Gasteiger partial charge in [-0.2, -0.15) is 0 Å². The van der Waals surface area contributed by atoms with Crippen LogP contribution in [0.1, 0.15) is 46.5 Å². The van der Waals surface area contributed by atoms with Crippen molar-refractivity contribution in [2.75, 3.05) is 24.7 Å².